The molecule has 1 aromatic carbocycles. The molecule has 134 valence electrons. The van der Waals surface area contributed by atoms with Gasteiger partial charge in [-0.05, 0) is 77.2 Å². The minimum absolute atomic E-state index is 0.737. The number of hydrogen-bond acceptors (Lipinski definition) is 2. The second kappa shape index (κ2) is 8.49. The smallest absolute Gasteiger partial charge is 0.0113 e. The minimum atomic E-state index is 0.737. The highest BCUT2D eigenvalue weighted by Gasteiger charge is 2.29. The molecule has 1 aliphatic heterocycles. The van der Waals surface area contributed by atoms with Crippen molar-refractivity contribution in [3.8, 4) is 0 Å². The van der Waals surface area contributed by atoms with Gasteiger partial charge in [-0.25, -0.2) is 0 Å². The highest BCUT2D eigenvalue weighted by atomic mass is 15.2. The highest BCUT2D eigenvalue weighted by molar-refractivity contribution is 5.26. The topological polar surface area (TPSA) is 6.48 Å². The first-order valence-corrected chi connectivity index (χ1v) is 10.1. The Bertz CT molecular complexity index is 496. The van der Waals surface area contributed by atoms with E-state index in [1.165, 1.54) is 70.1 Å². The van der Waals surface area contributed by atoms with Crippen LogP contribution in [0.5, 0.6) is 0 Å². The van der Waals surface area contributed by atoms with E-state index >= 15 is 0 Å². The molecule has 1 aliphatic carbocycles. The number of nitrogens with zero attached hydrogens (tertiary/aromatic N) is 2. The minimum Gasteiger partial charge on any atom is -0.306 e. The maximum absolute atomic E-state index is 2.75. The summed E-state index contributed by atoms with van der Waals surface area (Å²) in [6.45, 7) is 6.06. The molecule has 3 rings (SSSR count). The second-order valence-electron chi connectivity index (χ2n) is 8.41. The molecule has 0 aromatic heterocycles. The van der Waals surface area contributed by atoms with Crippen molar-refractivity contribution in [1.29, 1.82) is 0 Å². The molecule has 1 aromatic rings. The Kier molecular flexibility index (Phi) is 6.35. The predicted molar refractivity (Wildman–Crippen MR) is 104 cm³/mol. The SMILES string of the molecule is Cc1cccc(C(CN2CCC(N(C)C)CC2)C2CCCCC2)c1. The fourth-order valence-corrected chi connectivity index (χ4v) is 4.86. The lowest BCUT2D eigenvalue weighted by Gasteiger charge is -2.39. The van der Waals surface area contributed by atoms with E-state index in [0.29, 0.717) is 0 Å². The Morgan fingerprint density at radius 1 is 1.04 bits per heavy atom. The summed E-state index contributed by atoms with van der Waals surface area (Å²) < 4.78 is 0. The summed E-state index contributed by atoms with van der Waals surface area (Å²) in [6.07, 6.45) is 9.87. The molecule has 1 heterocycles. The summed E-state index contributed by atoms with van der Waals surface area (Å²) >= 11 is 0. The van der Waals surface area contributed by atoms with E-state index < -0.39 is 0 Å². The lowest BCUT2D eigenvalue weighted by molar-refractivity contribution is 0.126. The normalized spacial score (nSPS) is 22.8. The van der Waals surface area contributed by atoms with E-state index in [1.54, 1.807) is 5.56 Å². The third-order valence-corrected chi connectivity index (χ3v) is 6.43. The fraction of sp³-hybridized carbons (Fsp3) is 0.727. The number of aryl methyl sites for hydroxylation is 1. The number of likely N-dealkylation sites (tertiary alicyclic amines) is 1. The van der Waals surface area contributed by atoms with Crippen LogP contribution in [0.2, 0.25) is 0 Å². The van der Waals surface area contributed by atoms with Gasteiger partial charge in [-0.1, -0.05) is 49.1 Å². The van der Waals surface area contributed by atoms with Gasteiger partial charge in [0, 0.05) is 12.6 Å². The van der Waals surface area contributed by atoms with E-state index in [2.05, 4.69) is 55.1 Å². The van der Waals surface area contributed by atoms with Crippen LogP contribution in [-0.4, -0.2) is 49.6 Å². The Labute approximate surface area is 149 Å². The van der Waals surface area contributed by atoms with Gasteiger partial charge in [-0.3, -0.25) is 0 Å². The van der Waals surface area contributed by atoms with Gasteiger partial charge < -0.3 is 9.80 Å². The van der Waals surface area contributed by atoms with Crippen molar-refractivity contribution < 1.29 is 0 Å². The molecule has 0 N–H and O–H groups in total. The van der Waals surface area contributed by atoms with Gasteiger partial charge in [0.15, 0.2) is 0 Å². The summed E-state index contributed by atoms with van der Waals surface area (Å²) in [4.78, 5) is 5.16. The summed E-state index contributed by atoms with van der Waals surface area (Å²) in [5, 5.41) is 0. The zero-order valence-electron chi connectivity index (χ0n) is 16.0. The van der Waals surface area contributed by atoms with Gasteiger partial charge in [0.05, 0.1) is 0 Å². The number of benzene rings is 1. The first-order valence-electron chi connectivity index (χ1n) is 10.1. The van der Waals surface area contributed by atoms with Gasteiger partial charge in [-0.2, -0.15) is 0 Å². The van der Waals surface area contributed by atoms with Crippen molar-refractivity contribution in [1.82, 2.24) is 9.80 Å². The number of hydrogen-bond donors (Lipinski definition) is 0. The van der Waals surface area contributed by atoms with E-state index in [9.17, 15) is 0 Å². The standard InChI is InChI=1S/C22H36N2/c1-18-8-7-11-20(16-18)22(19-9-5-4-6-10-19)17-24-14-12-21(13-15-24)23(2)3/h7-8,11,16,19,21-22H,4-6,9-10,12-15,17H2,1-3H3. The molecular weight excluding hydrogens is 292 g/mol. The molecule has 1 unspecified atom stereocenters. The molecule has 2 heteroatoms. The molecule has 1 atom stereocenters. The fourth-order valence-electron chi connectivity index (χ4n) is 4.86. The third-order valence-electron chi connectivity index (χ3n) is 6.43. The molecule has 2 aliphatic rings. The highest BCUT2D eigenvalue weighted by Crippen LogP contribution is 2.37. The van der Waals surface area contributed by atoms with Crippen molar-refractivity contribution in [2.24, 2.45) is 5.92 Å². The Morgan fingerprint density at radius 3 is 2.38 bits per heavy atom. The molecule has 0 amide bonds. The average Bonchev–Trinajstić information content (AvgIpc) is 2.61. The zero-order valence-corrected chi connectivity index (χ0v) is 16.0. The zero-order chi connectivity index (χ0) is 16.9. The first-order chi connectivity index (χ1) is 11.6. The third kappa shape index (κ3) is 4.61. The van der Waals surface area contributed by atoms with Gasteiger partial charge in [0.2, 0.25) is 0 Å². The van der Waals surface area contributed by atoms with Crippen LogP contribution in [-0.2, 0) is 0 Å². The van der Waals surface area contributed by atoms with Gasteiger partial charge in [-0.15, -0.1) is 0 Å². The van der Waals surface area contributed by atoms with E-state index in [4.69, 9.17) is 0 Å². The maximum atomic E-state index is 2.75. The van der Waals surface area contributed by atoms with Crippen LogP contribution in [0.15, 0.2) is 24.3 Å². The second-order valence-corrected chi connectivity index (χ2v) is 8.41. The van der Waals surface area contributed by atoms with Crippen molar-refractivity contribution in [3.63, 3.8) is 0 Å². The molecule has 0 spiro atoms. The quantitative estimate of drug-likeness (QED) is 0.774. The van der Waals surface area contributed by atoms with Crippen LogP contribution in [0, 0.1) is 12.8 Å². The van der Waals surface area contributed by atoms with Crippen LogP contribution < -0.4 is 0 Å². The van der Waals surface area contributed by atoms with Crippen molar-refractivity contribution in [2.75, 3.05) is 33.7 Å². The van der Waals surface area contributed by atoms with Crippen LogP contribution in [0.25, 0.3) is 0 Å². The average molecular weight is 329 g/mol. The molecule has 24 heavy (non-hydrogen) atoms. The molecule has 1 saturated carbocycles. The van der Waals surface area contributed by atoms with Crippen molar-refractivity contribution in [3.05, 3.63) is 35.4 Å². The molecule has 2 fully saturated rings. The van der Waals surface area contributed by atoms with Crippen molar-refractivity contribution >= 4 is 0 Å². The van der Waals surface area contributed by atoms with Crippen LogP contribution in [0.3, 0.4) is 0 Å². The lowest BCUT2D eigenvalue weighted by atomic mass is 9.76. The molecule has 0 bridgehead atoms. The lowest BCUT2D eigenvalue weighted by Crippen LogP contribution is -2.44. The maximum Gasteiger partial charge on any atom is 0.0113 e. The van der Waals surface area contributed by atoms with Gasteiger partial charge in [0.1, 0.15) is 0 Å². The van der Waals surface area contributed by atoms with E-state index in [1.807, 2.05) is 0 Å². The van der Waals surface area contributed by atoms with Crippen LogP contribution in [0.4, 0.5) is 0 Å². The van der Waals surface area contributed by atoms with Gasteiger partial charge >= 0.3 is 0 Å². The summed E-state index contributed by atoms with van der Waals surface area (Å²) in [5.74, 6) is 1.63. The largest absolute Gasteiger partial charge is 0.306 e. The van der Waals surface area contributed by atoms with Gasteiger partial charge in [0.25, 0.3) is 0 Å². The monoisotopic (exact) mass is 328 g/mol. The molecule has 0 radical (unpaired) electrons. The predicted octanol–water partition coefficient (Wildman–Crippen LogP) is 4.68. The summed E-state index contributed by atoms with van der Waals surface area (Å²) in [5.41, 5.74) is 3.01. The molecule has 1 saturated heterocycles. The van der Waals surface area contributed by atoms with Crippen molar-refractivity contribution in [2.45, 2.75) is 63.8 Å². The first kappa shape index (κ1) is 17.9. The van der Waals surface area contributed by atoms with E-state index in [0.717, 1.165) is 17.9 Å². The Morgan fingerprint density at radius 2 is 1.75 bits per heavy atom. The Balaban J connectivity index is 1.68. The number of piperidine rings is 1. The molecular formula is C22H36N2. The van der Waals surface area contributed by atoms with E-state index in [-0.39, 0.29) is 0 Å². The summed E-state index contributed by atoms with van der Waals surface area (Å²) in [6, 6.07) is 10.1. The number of rotatable bonds is 5. The molecule has 2 nitrogen and oxygen atoms in total. The van der Waals surface area contributed by atoms with Crippen LogP contribution >= 0.6 is 0 Å². The Hall–Kier alpha value is -0.860. The summed E-state index contributed by atoms with van der Waals surface area (Å²) in [7, 11) is 4.47. The van der Waals surface area contributed by atoms with Crippen LogP contribution in [0.1, 0.15) is 62.0 Å².